The van der Waals surface area contributed by atoms with Gasteiger partial charge >= 0.3 is 5.97 Å². The third-order valence-corrected chi connectivity index (χ3v) is 6.30. The van der Waals surface area contributed by atoms with E-state index in [1.54, 1.807) is 41.3 Å². The monoisotopic (exact) mass is 400 g/mol. The van der Waals surface area contributed by atoms with E-state index in [0.717, 1.165) is 6.42 Å². The molecule has 28 heavy (non-hydrogen) atoms. The molecule has 0 unspecified atom stereocenters. The largest absolute Gasteiger partial charge is 0.454 e. The van der Waals surface area contributed by atoms with Crippen molar-refractivity contribution < 1.29 is 27.4 Å². The van der Waals surface area contributed by atoms with Gasteiger partial charge in [-0.1, -0.05) is 12.1 Å². The Kier molecular flexibility index (Phi) is 3.80. The molecule has 0 saturated carbocycles. The number of sulfonamides is 1. The maximum absolute atomic E-state index is 12.8. The van der Waals surface area contributed by atoms with Crippen LogP contribution in [0.3, 0.4) is 0 Å². The number of likely N-dealkylation sites (tertiary alicyclic amines) is 1. The lowest BCUT2D eigenvalue weighted by atomic mass is 10.1. The van der Waals surface area contributed by atoms with E-state index in [9.17, 15) is 13.2 Å². The Labute approximate surface area is 161 Å². The minimum Gasteiger partial charge on any atom is -0.454 e. The lowest BCUT2D eigenvalue weighted by Crippen LogP contribution is -2.42. The number of rotatable bonds is 2. The highest BCUT2D eigenvalue weighted by molar-refractivity contribution is 7.90. The average Bonchev–Trinajstić information content (AvgIpc) is 3.39. The Bertz CT molecular complexity index is 1110. The van der Waals surface area contributed by atoms with Crippen LogP contribution in [-0.2, 0) is 14.8 Å². The highest BCUT2D eigenvalue weighted by Gasteiger charge is 2.40. The molecule has 0 amide bonds. The lowest BCUT2D eigenvalue weighted by Gasteiger charge is -2.24. The van der Waals surface area contributed by atoms with Crippen LogP contribution < -0.4 is 14.2 Å². The Morgan fingerprint density at radius 3 is 2.86 bits per heavy atom. The molecule has 3 aliphatic rings. The van der Waals surface area contributed by atoms with E-state index < -0.39 is 22.0 Å². The summed E-state index contributed by atoms with van der Waals surface area (Å²) in [5.74, 6) is 1.32. The van der Waals surface area contributed by atoms with Gasteiger partial charge < -0.3 is 19.1 Å². The van der Waals surface area contributed by atoms with Crippen LogP contribution >= 0.6 is 0 Å². The molecule has 2 aromatic carbocycles. The SMILES string of the molecule is O=C(Oc1ccc2c(c1)OCO2)[C@@H]1CCCN1C1=NS(=O)(=O)c2ccccc21. The number of hydrogen-bond acceptors (Lipinski definition) is 7. The molecule has 0 spiro atoms. The molecular weight excluding hydrogens is 384 g/mol. The van der Waals surface area contributed by atoms with Gasteiger partial charge in [0.15, 0.2) is 17.3 Å². The van der Waals surface area contributed by atoms with Gasteiger partial charge in [-0.2, -0.15) is 8.42 Å². The van der Waals surface area contributed by atoms with Crippen molar-refractivity contribution in [1.82, 2.24) is 4.90 Å². The number of benzene rings is 2. The molecule has 3 aliphatic heterocycles. The van der Waals surface area contributed by atoms with Crippen LogP contribution in [0, 0.1) is 0 Å². The summed E-state index contributed by atoms with van der Waals surface area (Å²) < 4.78 is 44.7. The van der Waals surface area contributed by atoms with Crippen molar-refractivity contribution in [3.05, 3.63) is 48.0 Å². The van der Waals surface area contributed by atoms with Crippen molar-refractivity contribution >= 4 is 21.8 Å². The molecule has 0 aliphatic carbocycles. The summed E-state index contributed by atoms with van der Waals surface area (Å²) in [7, 11) is -3.74. The quantitative estimate of drug-likeness (QED) is 0.562. The molecule has 144 valence electrons. The van der Waals surface area contributed by atoms with E-state index in [1.807, 2.05) is 0 Å². The molecule has 0 bridgehead atoms. The first-order chi connectivity index (χ1) is 13.5. The highest BCUT2D eigenvalue weighted by atomic mass is 32.2. The van der Waals surface area contributed by atoms with Crippen LogP contribution in [-0.4, -0.2) is 44.5 Å². The maximum Gasteiger partial charge on any atom is 0.334 e. The minimum absolute atomic E-state index is 0.136. The Morgan fingerprint density at radius 1 is 1.14 bits per heavy atom. The predicted octanol–water partition coefficient (Wildman–Crippen LogP) is 1.93. The maximum atomic E-state index is 12.8. The third kappa shape index (κ3) is 2.70. The van der Waals surface area contributed by atoms with Crippen LogP contribution in [0.5, 0.6) is 17.2 Å². The molecule has 0 radical (unpaired) electrons. The van der Waals surface area contributed by atoms with Gasteiger partial charge in [0.05, 0.1) is 0 Å². The lowest BCUT2D eigenvalue weighted by molar-refractivity contribution is -0.138. The van der Waals surface area contributed by atoms with Crippen molar-refractivity contribution in [2.45, 2.75) is 23.8 Å². The molecule has 5 rings (SSSR count). The smallest absolute Gasteiger partial charge is 0.334 e. The summed E-state index contributed by atoms with van der Waals surface area (Å²) in [6.07, 6.45) is 1.30. The van der Waals surface area contributed by atoms with Gasteiger partial charge in [-0.05, 0) is 37.1 Å². The van der Waals surface area contributed by atoms with Gasteiger partial charge in [0.2, 0.25) is 6.79 Å². The first-order valence-corrected chi connectivity index (χ1v) is 10.3. The van der Waals surface area contributed by atoms with Crippen molar-refractivity contribution in [2.24, 2.45) is 4.40 Å². The second-order valence-electron chi connectivity index (χ2n) is 6.67. The topological polar surface area (TPSA) is 94.5 Å². The first-order valence-electron chi connectivity index (χ1n) is 8.85. The predicted molar refractivity (Wildman–Crippen MR) is 98.1 cm³/mol. The summed E-state index contributed by atoms with van der Waals surface area (Å²) in [4.78, 5) is 14.7. The summed E-state index contributed by atoms with van der Waals surface area (Å²) in [6, 6.07) is 11.0. The Morgan fingerprint density at radius 2 is 1.96 bits per heavy atom. The summed E-state index contributed by atoms with van der Waals surface area (Å²) in [5, 5.41) is 0. The zero-order valence-electron chi connectivity index (χ0n) is 14.7. The first kappa shape index (κ1) is 17.1. The number of ether oxygens (including phenoxy) is 3. The van der Waals surface area contributed by atoms with Gasteiger partial charge in [0.25, 0.3) is 10.0 Å². The van der Waals surface area contributed by atoms with Gasteiger partial charge in [-0.15, -0.1) is 4.40 Å². The van der Waals surface area contributed by atoms with E-state index >= 15 is 0 Å². The number of fused-ring (bicyclic) bond motifs is 2. The number of esters is 1. The number of carbonyl (C=O) groups is 1. The fourth-order valence-electron chi connectivity index (χ4n) is 3.69. The van der Waals surface area contributed by atoms with Crippen LogP contribution in [0.4, 0.5) is 0 Å². The molecule has 9 heteroatoms. The molecule has 1 atom stereocenters. The van der Waals surface area contributed by atoms with Crippen molar-refractivity contribution in [3.8, 4) is 17.2 Å². The van der Waals surface area contributed by atoms with Gasteiger partial charge in [0, 0.05) is 18.2 Å². The Hall–Kier alpha value is -3.07. The van der Waals surface area contributed by atoms with E-state index in [0.29, 0.717) is 41.6 Å². The highest BCUT2D eigenvalue weighted by Crippen LogP contribution is 2.36. The summed E-state index contributed by atoms with van der Waals surface area (Å²) in [6.45, 7) is 0.667. The molecule has 1 fully saturated rings. The molecule has 0 N–H and O–H groups in total. The van der Waals surface area contributed by atoms with Gasteiger partial charge in [-0.25, -0.2) is 4.79 Å². The standard InChI is InChI=1S/C19H16N2O6S/c22-19(27-12-7-8-15-16(10-12)26-11-25-15)14-5-3-9-21(14)18-13-4-1-2-6-17(13)28(23,24)20-18/h1-2,4,6-8,10,14H,3,5,9,11H2/t14-/m0/s1. The van der Waals surface area contributed by atoms with Crippen molar-refractivity contribution in [3.63, 3.8) is 0 Å². The second kappa shape index (κ2) is 6.23. The molecule has 3 heterocycles. The average molecular weight is 400 g/mol. The third-order valence-electron chi connectivity index (χ3n) is 4.97. The number of carbonyl (C=O) groups excluding carboxylic acids is 1. The Balaban J connectivity index is 1.41. The molecule has 0 aromatic heterocycles. The van der Waals surface area contributed by atoms with Crippen LogP contribution in [0.15, 0.2) is 51.8 Å². The summed E-state index contributed by atoms with van der Waals surface area (Å²) in [5.41, 5.74) is 0.519. The fourth-order valence-corrected chi connectivity index (χ4v) is 4.90. The van der Waals surface area contributed by atoms with Crippen LogP contribution in [0.25, 0.3) is 0 Å². The number of hydrogen-bond donors (Lipinski definition) is 0. The van der Waals surface area contributed by atoms with Gasteiger partial charge in [0.1, 0.15) is 16.7 Å². The molecule has 8 nitrogen and oxygen atoms in total. The fraction of sp³-hybridized carbons (Fsp3) is 0.263. The van der Waals surface area contributed by atoms with E-state index in [2.05, 4.69) is 4.40 Å². The van der Waals surface area contributed by atoms with E-state index in [4.69, 9.17) is 14.2 Å². The number of nitrogens with zero attached hydrogens (tertiary/aromatic N) is 2. The van der Waals surface area contributed by atoms with Crippen LogP contribution in [0.1, 0.15) is 18.4 Å². The zero-order chi connectivity index (χ0) is 19.3. The zero-order valence-corrected chi connectivity index (χ0v) is 15.5. The van der Waals surface area contributed by atoms with Crippen molar-refractivity contribution in [2.75, 3.05) is 13.3 Å². The second-order valence-corrected chi connectivity index (χ2v) is 8.25. The van der Waals surface area contributed by atoms with E-state index in [-0.39, 0.29) is 11.7 Å². The minimum atomic E-state index is -3.74. The van der Waals surface area contributed by atoms with E-state index in [1.165, 1.54) is 6.07 Å². The summed E-state index contributed by atoms with van der Waals surface area (Å²) >= 11 is 0. The molecule has 2 aromatic rings. The number of amidine groups is 1. The van der Waals surface area contributed by atoms with Crippen LogP contribution in [0.2, 0.25) is 0 Å². The molecule has 1 saturated heterocycles. The molecular formula is C19H16N2O6S. The van der Waals surface area contributed by atoms with Gasteiger partial charge in [-0.3, -0.25) is 0 Å². The normalized spacial score (nSPS) is 21.4. The van der Waals surface area contributed by atoms with Crippen molar-refractivity contribution in [1.29, 1.82) is 0 Å².